The van der Waals surface area contributed by atoms with E-state index in [9.17, 15) is 9.90 Å². The Morgan fingerprint density at radius 2 is 1.31 bits per heavy atom. The van der Waals surface area contributed by atoms with Crippen LogP contribution in [0.25, 0.3) is 0 Å². The largest absolute Gasteiger partial charge is 0.477 e. The van der Waals surface area contributed by atoms with Gasteiger partial charge in [0, 0.05) is 13.3 Å². The van der Waals surface area contributed by atoms with Gasteiger partial charge in [0.25, 0.3) is 0 Å². The van der Waals surface area contributed by atoms with E-state index in [-0.39, 0.29) is 17.2 Å². The van der Waals surface area contributed by atoms with Gasteiger partial charge in [-0.05, 0) is 25.7 Å². The van der Waals surface area contributed by atoms with Gasteiger partial charge in [0.2, 0.25) is 5.84 Å². The number of aliphatic imine (C=N–C) groups is 1. The first-order chi connectivity index (χ1) is 17.0. The molecule has 202 valence electrons. The Hall–Kier alpha value is -1.46. The number of hydrogen-bond acceptors (Lipinski definition) is 3. The van der Waals surface area contributed by atoms with E-state index in [1.807, 2.05) is 13.1 Å². The number of rotatable bonds is 24. The zero-order valence-electron chi connectivity index (χ0n) is 23.1. The summed E-state index contributed by atoms with van der Waals surface area (Å²) >= 11 is 0. The van der Waals surface area contributed by atoms with Gasteiger partial charge in [-0.15, -0.1) is 0 Å². The minimum atomic E-state index is -0.835. The number of nitrogens with zero attached hydrogens (tertiary/aromatic N) is 2. The van der Waals surface area contributed by atoms with Crippen LogP contribution in [0.5, 0.6) is 0 Å². The summed E-state index contributed by atoms with van der Waals surface area (Å²) in [5, 5.41) is 9.29. The van der Waals surface area contributed by atoms with Crippen LogP contribution in [0.1, 0.15) is 142 Å². The van der Waals surface area contributed by atoms with Crippen LogP contribution in [0.15, 0.2) is 29.5 Å². The number of hydrogen-bond donors (Lipinski definition) is 2. The molecule has 0 bridgehead atoms. The molecule has 0 amide bonds. The third kappa shape index (κ3) is 14.6. The van der Waals surface area contributed by atoms with E-state index in [0.717, 1.165) is 18.7 Å². The maximum Gasteiger partial charge on any atom is 0.360 e. The highest BCUT2D eigenvalue weighted by Gasteiger charge is 2.40. The van der Waals surface area contributed by atoms with Crippen LogP contribution in [0.3, 0.4) is 0 Å². The number of carboxylic acids is 1. The van der Waals surface area contributed by atoms with E-state index in [1.165, 1.54) is 116 Å². The first-order valence-electron chi connectivity index (χ1n) is 14.8. The van der Waals surface area contributed by atoms with Crippen molar-refractivity contribution in [1.29, 1.82) is 0 Å². The van der Waals surface area contributed by atoms with E-state index in [2.05, 4.69) is 24.1 Å². The molecule has 5 heteroatoms. The number of allylic oxidation sites excluding steroid dienone is 2. The lowest BCUT2D eigenvalue weighted by atomic mass is 10.0. The highest BCUT2D eigenvalue weighted by atomic mass is 16.4. The van der Waals surface area contributed by atoms with Crippen LogP contribution in [0.4, 0.5) is 0 Å². The lowest BCUT2D eigenvalue weighted by Gasteiger charge is -2.34. The zero-order valence-corrected chi connectivity index (χ0v) is 23.1. The Bertz CT molecular complexity index is 627. The summed E-state index contributed by atoms with van der Waals surface area (Å²) in [6.45, 7) is 4.10. The zero-order chi connectivity index (χ0) is 25.6. The van der Waals surface area contributed by atoms with Crippen molar-refractivity contribution in [2.45, 2.75) is 148 Å². The summed E-state index contributed by atoms with van der Waals surface area (Å²) in [7, 11) is 0. The van der Waals surface area contributed by atoms with Crippen molar-refractivity contribution < 1.29 is 14.4 Å². The summed E-state index contributed by atoms with van der Waals surface area (Å²) < 4.78 is 0.173. The summed E-state index contributed by atoms with van der Waals surface area (Å²) in [5.41, 5.74) is 6.13. The molecule has 3 N–H and O–H groups in total. The molecular weight excluding hydrogens is 434 g/mol. The third-order valence-corrected chi connectivity index (χ3v) is 7.32. The molecule has 1 aliphatic heterocycles. The summed E-state index contributed by atoms with van der Waals surface area (Å²) in [6.07, 6.45) is 34.2. The first-order valence-corrected chi connectivity index (χ1v) is 14.8. The van der Waals surface area contributed by atoms with Crippen molar-refractivity contribution >= 4 is 11.8 Å². The number of unbranched alkanes of at least 4 members (excludes halogenated alkanes) is 17. The highest BCUT2D eigenvalue weighted by Crippen LogP contribution is 2.23. The molecule has 0 aliphatic carbocycles. The summed E-state index contributed by atoms with van der Waals surface area (Å²) in [5.74, 6) is 0.0653. The molecule has 0 aromatic rings. The predicted octanol–water partition coefficient (Wildman–Crippen LogP) is 8.45. The maximum absolute atomic E-state index is 11.3. The molecule has 5 nitrogen and oxygen atoms in total. The van der Waals surface area contributed by atoms with Gasteiger partial charge in [-0.2, -0.15) is 0 Å². The van der Waals surface area contributed by atoms with E-state index >= 15 is 0 Å². The molecule has 0 aromatic carbocycles. The van der Waals surface area contributed by atoms with E-state index in [0.29, 0.717) is 0 Å². The van der Waals surface area contributed by atoms with Gasteiger partial charge in [0.15, 0.2) is 6.54 Å². The second-order valence-electron chi connectivity index (χ2n) is 10.5. The average Bonchev–Trinajstić information content (AvgIpc) is 3.23. The van der Waals surface area contributed by atoms with Crippen LogP contribution in [-0.4, -0.2) is 34.1 Å². The topological polar surface area (TPSA) is 75.7 Å². The van der Waals surface area contributed by atoms with Gasteiger partial charge < -0.3 is 5.11 Å². The maximum atomic E-state index is 11.3. The van der Waals surface area contributed by atoms with Crippen molar-refractivity contribution in [3.63, 3.8) is 0 Å². The molecule has 1 rings (SSSR count). The van der Waals surface area contributed by atoms with Crippen LogP contribution < -0.4 is 5.73 Å². The molecule has 0 radical (unpaired) electrons. The Morgan fingerprint density at radius 3 is 1.77 bits per heavy atom. The molecule has 0 saturated carbocycles. The Labute approximate surface area is 216 Å². The number of carboxylic acid groups (broad SMARTS) is 1. The van der Waals surface area contributed by atoms with Crippen molar-refractivity contribution in [3.05, 3.63) is 24.6 Å². The normalized spacial score (nSPS) is 18.4. The Balaban J connectivity index is 1.88. The quantitative estimate of drug-likeness (QED) is 0.0809. The molecule has 2 atom stereocenters. The highest BCUT2D eigenvalue weighted by molar-refractivity contribution is 5.81. The smallest absolute Gasteiger partial charge is 0.360 e. The first kappa shape index (κ1) is 31.6. The van der Waals surface area contributed by atoms with Gasteiger partial charge in [0.05, 0.1) is 6.20 Å². The average molecular weight is 491 g/mol. The van der Waals surface area contributed by atoms with Crippen molar-refractivity contribution in [2.24, 2.45) is 10.7 Å². The molecule has 0 fully saturated rings. The number of nitrogens with two attached hydrogens (primary N) is 1. The fourth-order valence-corrected chi connectivity index (χ4v) is 4.99. The van der Waals surface area contributed by atoms with Gasteiger partial charge >= 0.3 is 5.97 Å². The van der Waals surface area contributed by atoms with Crippen LogP contribution in [-0.2, 0) is 4.79 Å². The lowest BCUT2D eigenvalue weighted by Crippen LogP contribution is -2.59. The molecule has 0 spiro atoms. The standard InChI is InChI=1S/C30H55N3O2/c1-3-4-5-6-7-8-9-10-11-12-13-14-15-16-17-18-19-20-21-22-23-24-29-32-25-26-33(29,28(2)31)27-30(34)35/h6-7,25-26,28H,3-5,8-24,27,31H2,1-2H3/p+1/b7-6+. The molecule has 0 saturated heterocycles. The number of aliphatic carboxylic acids is 1. The molecule has 2 unspecified atom stereocenters. The number of carbonyl (C=O) groups is 1. The van der Waals surface area contributed by atoms with E-state index < -0.39 is 5.97 Å². The molecule has 1 heterocycles. The SMILES string of the molecule is CCCC/C=C/CCCCCCCCCCCCCCCCCC1=NC=C[N+]1(CC(=O)O)C(C)N. The number of amidine groups is 1. The van der Waals surface area contributed by atoms with Gasteiger partial charge in [-0.1, -0.05) is 115 Å². The number of quaternary nitrogens is 1. The fourth-order valence-electron chi connectivity index (χ4n) is 4.99. The minimum absolute atomic E-state index is 0.0237. The van der Waals surface area contributed by atoms with Gasteiger partial charge in [-0.25, -0.2) is 14.3 Å². The summed E-state index contributed by atoms with van der Waals surface area (Å²) in [4.78, 5) is 15.8. The second kappa shape index (κ2) is 20.7. The fraction of sp³-hybridized carbons (Fsp3) is 0.800. The molecule has 0 aromatic heterocycles. The molecular formula is C30H56N3O2+. The minimum Gasteiger partial charge on any atom is -0.477 e. The summed E-state index contributed by atoms with van der Waals surface area (Å²) in [6, 6.07) is 0. The van der Waals surface area contributed by atoms with Crippen LogP contribution in [0, 0.1) is 0 Å². The lowest BCUT2D eigenvalue weighted by molar-refractivity contribution is -0.805. The Kier molecular flexibility index (Phi) is 18.7. The second-order valence-corrected chi connectivity index (χ2v) is 10.5. The van der Waals surface area contributed by atoms with Crippen LogP contribution in [0.2, 0.25) is 0 Å². The van der Waals surface area contributed by atoms with Crippen molar-refractivity contribution in [3.8, 4) is 0 Å². The van der Waals surface area contributed by atoms with Crippen molar-refractivity contribution in [2.75, 3.05) is 6.54 Å². The molecule has 35 heavy (non-hydrogen) atoms. The monoisotopic (exact) mass is 490 g/mol. The van der Waals surface area contributed by atoms with Gasteiger partial charge in [-0.3, -0.25) is 5.73 Å². The molecule has 1 aliphatic rings. The van der Waals surface area contributed by atoms with E-state index in [4.69, 9.17) is 5.73 Å². The van der Waals surface area contributed by atoms with Gasteiger partial charge in [0.1, 0.15) is 12.4 Å². The van der Waals surface area contributed by atoms with E-state index in [1.54, 1.807) is 6.20 Å². The van der Waals surface area contributed by atoms with Crippen molar-refractivity contribution in [1.82, 2.24) is 0 Å². The van der Waals surface area contributed by atoms with Crippen LogP contribution >= 0.6 is 0 Å². The Morgan fingerprint density at radius 1 is 0.857 bits per heavy atom. The predicted molar refractivity (Wildman–Crippen MR) is 150 cm³/mol. The third-order valence-electron chi connectivity index (χ3n) is 7.32.